The molecule has 10 heteroatoms. The molecule has 0 aliphatic carbocycles. The molecule has 2 aromatic heterocycles. The number of aryl methyl sites for hydroxylation is 1. The number of hydrogen-bond acceptors (Lipinski definition) is 10. The number of thiazole rings is 1. The highest BCUT2D eigenvalue weighted by atomic mass is 32.2. The van der Waals surface area contributed by atoms with Crippen molar-refractivity contribution in [1.82, 2.24) is 9.97 Å². The van der Waals surface area contributed by atoms with Crippen LogP contribution < -0.4 is 15.8 Å². The van der Waals surface area contributed by atoms with E-state index in [1.54, 1.807) is 31.4 Å². The van der Waals surface area contributed by atoms with Gasteiger partial charge in [0, 0.05) is 29.5 Å². The summed E-state index contributed by atoms with van der Waals surface area (Å²) in [6.45, 7) is 2.94. The lowest BCUT2D eigenvalue weighted by Crippen LogP contribution is -2.05. The number of anilines is 3. The van der Waals surface area contributed by atoms with Gasteiger partial charge < -0.3 is 20.5 Å². The summed E-state index contributed by atoms with van der Waals surface area (Å²) >= 11 is 2.86. The third-order valence-corrected chi connectivity index (χ3v) is 7.14. The molecule has 0 aliphatic rings. The van der Waals surface area contributed by atoms with E-state index in [4.69, 9.17) is 15.2 Å². The van der Waals surface area contributed by atoms with Gasteiger partial charge in [-0.1, -0.05) is 41.6 Å². The maximum Gasteiger partial charge on any atom is 0.187 e. The van der Waals surface area contributed by atoms with Gasteiger partial charge in [-0.25, -0.2) is 9.97 Å². The number of nitriles is 2. The number of ether oxygens (including phenoxy) is 2. The minimum absolute atomic E-state index is 0.0828. The Balaban J connectivity index is 1.55. The molecule has 3 N–H and O–H groups in total. The van der Waals surface area contributed by atoms with Gasteiger partial charge in [0.15, 0.2) is 5.13 Å². The SMILES string of the molecule is COCCOc1ccc(-c2c(C#N)c(N)nc(SCc3csc(Nc4ccc(C)cc4)n3)c2C#N)cc1. The molecule has 0 bridgehead atoms. The molecular weight excluding hydrogens is 504 g/mol. The molecule has 8 nitrogen and oxygen atoms in total. The average Bonchev–Trinajstić information content (AvgIpc) is 3.36. The molecule has 4 aromatic rings. The molecule has 0 amide bonds. The van der Waals surface area contributed by atoms with E-state index in [0.29, 0.717) is 46.4 Å². The van der Waals surface area contributed by atoms with E-state index in [1.165, 1.54) is 28.7 Å². The van der Waals surface area contributed by atoms with Crippen molar-refractivity contribution in [1.29, 1.82) is 10.5 Å². The quantitative estimate of drug-likeness (QED) is 0.191. The van der Waals surface area contributed by atoms with Gasteiger partial charge in [-0.3, -0.25) is 0 Å². The fourth-order valence-corrected chi connectivity index (χ4v) is 5.21. The minimum Gasteiger partial charge on any atom is -0.491 e. The smallest absolute Gasteiger partial charge is 0.187 e. The van der Waals surface area contributed by atoms with Crippen LogP contribution in [0.15, 0.2) is 58.9 Å². The largest absolute Gasteiger partial charge is 0.491 e. The molecule has 0 spiro atoms. The summed E-state index contributed by atoms with van der Waals surface area (Å²) in [6, 6.07) is 19.6. The standard InChI is InChI=1S/C27H24N6O2S2/c1-17-3-7-19(8-4-17)31-27-32-20(16-37-27)15-36-26-23(14-29)24(22(13-28)25(30)33-26)18-5-9-21(10-6-18)35-12-11-34-2/h3-10,16H,11-12,15H2,1-2H3,(H2,30,33)(H,31,32). The molecule has 4 rings (SSSR count). The monoisotopic (exact) mass is 528 g/mol. The molecule has 0 atom stereocenters. The first-order valence-electron chi connectivity index (χ1n) is 11.3. The van der Waals surface area contributed by atoms with Crippen LogP contribution in [0, 0.1) is 29.6 Å². The first-order valence-corrected chi connectivity index (χ1v) is 13.2. The van der Waals surface area contributed by atoms with Crippen molar-refractivity contribution in [2.45, 2.75) is 17.7 Å². The Morgan fingerprint density at radius 1 is 1.00 bits per heavy atom. The van der Waals surface area contributed by atoms with Crippen LogP contribution in [-0.4, -0.2) is 30.3 Å². The van der Waals surface area contributed by atoms with E-state index in [-0.39, 0.29) is 11.4 Å². The number of rotatable bonds is 10. The van der Waals surface area contributed by atoms with Gasteiger partial charge >= 0.3 is 0 Å². The van der Waals surface area contributed by atoms with E-state index in [2.05, 4.69) is 27.4 Å². The second-order valence-corrected chi connectivity index (χ2v) is 9.76. The fourth-order valence-electron chi connectivity index (χ4n) is 3.49. The second-order valence-electron chi connectivity index (χ2n) is 7.94. The van der Waals surface area contributed by atoms with Crippen molar-refractivity contribution in [3.63, 3.8) is 0 Å². The Morgan fingerprint density at radius 3 is 2.41 bits per heavy atom. The van der Waals surface area contributed by atoms with Crippen molar-refractivity contribution in [2.75, 3.05) is 31.4 Å². The van der Waals surface area contributed by atoms with Crippen molar-refractivity contribution in [3.05, 3.63) is 76.3 Å². The van der Waals surface area contributed by atoms with Gasteiger partial charge in [0.2, 0.25) is 0 Å². The van der Waals surface area contributed by atoms with Gasteiger partial charge in [-0.2, -0.15) is 10.5 Å². The van der Waals surface area contributed by atoms with Crippen LogP contribution in [0.2, 0.25) is 0 Å². The van der Waals surface area contributed by atoms with Crippen LogP contribution in [0.3, 0.4) is 0 Å². The molecular formula is C27H24N6O2S2. The van der Waals surface area contributed by atoms with Crippen LogP contribution in [0.5, 0.6) is 5.75 Å². The Morgan fingerprint density at radius 2 is 1.73 bits per heavy atom. The number of benzene rings is 2. The molecule has 37 heavy (non-hydrogen) atoms. The van der Waals surface area contributed by atoms with Gasteiger partial charge in [-0.05, 0) is 36.8 Å². The Labute approximate surface area is 223 Å². The zero-order valence-electron chi connectivity index (χ0n) is 20.3. The van der Waals surface area contributed by atoms with E-state index in [1.807, 2.05) is 36.6 Å². The normalized spacial score (nSPS) is 10.5. The van der Waals surface area contributed by atoms with Crippen LogP contribution in [0.25, 0.3) is 11.1 Å². The lowest BCUT2D eigenvalue weighted by Gasteiger charge is -2.13. The summed E-state index contributed by atoms with van der Waals surface area (Å²) in [6.07, 6.45) is 0. The number of nitrogens with two attached hydrogens (primary N) is 1. The maximum absolute atomic E-state index is 10.0. The predicted octanol–water partition coefficient (Wildman–Crippen LogP) is 5.90. The van der Waals surface area contributed by atoms with Crippen molar-refractivity contribution in [3.8, 4) is 29.0 Å². The molecule has 0 fully saturated rings. The predicted molar refractivity (Wildman–Crippen MR) is 147 cm³/mol. The van der Waals surface area contributed by atoms with Crippen LogP contribution in [0.1, 0.15) is 22.4 Å². The summed E-state index contributed by atoms with van der Waals surface area (Å²) < 4.78 is 10.6. The number of nitrogen functional groups attached to an aromatic ring is 1. The highest BCUT2D eigenvalue weighted by Gasteiger charge is 2.21. The first kappa shape index (κ1) is 26.0. The molecule has 0 saturated heterocycles. The van der Waals surface area contributed by atoms with E-state index in [9.17, 15) is 10.5 Å². The summed E-state index contributed by atoms with van der Waals surface area (Å²) in [7, 11) is 1.61. The number of thioether (sulfide) groups is 1. The van der Waals surface area contributed by atoms with E-state index in [0.717, 1.165) is 16.5 Å². The Bertz CT molecular complexity index is 1450. The van der Waals surface area contributed by atoms with Gasteiger partial charge in [0.05, 0.1) is 17.9 Å². The summed E-state index contributed by atoms with van der Waals surface area (Å²) in [5.74, 6) is 1.23. The zero-order chi connectivity index (χ0) is 26.2. The number of nitrogens with one attached hydrogen (secondary N) is 1. The Hall–Kier alpha value is -4.09. The second kappa shape index (κ2) is 12.2. The van der Waals surface area contributed by atoms with Gasteiger partial charge in [-0.15, -0.1) is 11.3 Å². The number of methoxy groups -OCH3 is 1. The molecule has 0 unspecified atom stereocenters. The molecule has 186 valence electrons. The highest BCUT2D eigenvalue weighted by molar-refractivity contribution is 7.98. The van der Waals surface area contributed by atoms with Crippen molar-refractivity contribution < 1.29 is 9.47 Å². The van der Waals surface area contributed by atoms with Crippen LogP contribution >= 0.6 is 23.1 Å². The zero-order valence-corrected chi connectivity index (χ0v) is 21.9. The molecule has 0 radical (unpaired) electrons. The summed E-state index contributed by atoms with van der Waals surface area (Å²) in [5.41, 5.74) is 10.8. The molecule has 2 heterocycles. The molecule has 0 saturated carbocycles. The third-order valence-electron chi connectivity index (χ3n) is 5.33. The number of aromatic nitrogens is 2. The van der Waals surface area contributed by atoms with Crippen LogP contribution in [0.4, 0.5) is 16.6 Å². The summed E-state index contributed by atoms with van der Waals surface area (Å²) in [5, 5.41) is 26.3. The van der Waals surface area contributed by atoms with Crippen molar-refractivity contribution in [2.24, 2.45) is 0 Å². The average molecular weight is 529 g/mol. The number of hydrogen-bond donors (Lipinski definition) is 2. The number of nitrogens with zero attached hydrogens (tertiary/aromatic N) is 4. The first-order chi connectivity index (χ1) is 18.0. The number of pyridine rings is 1. The molecule has 2 aromatic carbocycles. The lowest BCUT2D eigenvalue weighted by atomic mass is 9.97. The molecule has 0 aliphatic heterocycles. The minimum atomic E-state index is 0.0828. The Kier molecular flexibility index (Phi) is 8.60. The van der Waals surface area contributed by atoms with Crippen molar-refractivity contribution >= 4 is 39.7 Å². The van der Waals surface area contributed by atoms with E-state index >= 15 is 0 Å². The summed E-state index contributed by atoms with van der Waals surface area (Å²) in [4.78, 5) is 9.03. The highest BCUT2D eigenvalue weighted by Crippen LogP contribution is 2.37. The fraction of sp³-hybridized carbons (Fsp3) is 0.185. The topological polar surface area (TPSA) is 130 Å². The third kappa shape index (κ3) is 6.38. The van der Waals surface area contributed by atoms with Gasteiger partial charge in [0.25, 0.3) is 0 Å². The van der Waals surface area contributed by atoms with E-state index < -0.39 is 0 Å². The lowest BCUT2D eigenvalue weighted by molar-refractivity contribution is 0.146. The van der Waals surface area contributed by atoms with Crippen LogP contribution in [-0.2, 0) is 10.5 Å². The maximum atomic E-state index is 10.0. The van der Waals surface area contributed by atoms with Gasteiger partial charge in [0.1, 0.15) is 40.9 Å².